The van der Waals surface area contributed by atoms with Gasteiger partial charge in [-0.25, -0.2) is 4.98 Å². The second kappa shape index (κ2) is 4.45. The SMILES string of the molecule is Cc1cc(Br)cn2cc(C3CCCCC3)nc12. The first-order valence-corrected chi connectivity index (χ1v) is 7.18. The van der Waals surface area contributed by atoms with Gasteiger partial charge >= 0.3 is 0 Å². The van der Waals surface area contributed by atoms with Gasteiger partial charge in [0.15, 0.2) is 0 Å². The highest BCUT2D eigenvalue weighted by atomic mass is 79.9. The molecule has 0 N–H and O–H groups in total. The maximum atomic E-state index is 4.82. The number of aryl methyl sites for hydroxylation is 1. The van der Waals surface area contributed by atoms with E-state index in [1.165, 1.54) is 43.4 Å². The molecule has 3 rings (SSSR count). The summed E-state index contributed by atoms with van der Waals surface area (Å²) < 4.78 is 3.28. The molecule has 0 aromatic carbocycles. The molecular formula is C14H17BrN2. The molecule has 0 atom stereocenters. The molecule has 1 aliphatic carbocycles. The van der Waals surface area contributed by atoms with Crippen LogP contribution >= 0.6 is 15.9 Å². The lowest BCUT2D eigenvalue weighted by Crippen LogP contribution is -2.04. The van der Waals surface area contributed by atoms with E-state index < -0.39 is 0 Å². The third kappa shape index (κ3) is 2.13. The van der Waals surface area contributed by atoms with Gasteiger partial charge in [-0.3, -0.25) is 0 Å². The van der Waals surface area contributed by atoms with Gasteiger partial charge in [0, 0.05) is 22.8 Å². The summed E-state index contributed by atoms with van der Waals surface area (Å²) in [6, 6.07) is 2.13. The Bertz CT molecular complexity index is 538. The highest BCUT2D eigenvalue weighted by Crippen LogP contribution is 2.32. The van der Waals surface area contributed by atoms with Crippen LogP contribution in [0.25, 0.3) is 5.65 Å². The zero-order valence-corrected chi connectivity index (χ0v) is 11.7. The highest BCUT2D eigenvalue weighted by molar-refractivity contribution is 9.10. The van der Waals surface area contributed by atoms with Crippen molar-refractivity contribution in [2.24, 2.45) is 0 Å². The molecule has 0 bridgehead atoms. The van der Waals surface area contributed by atoms with E-state index in [4.69, 9.17) is 4.98 Å². The van der Waals surface area contributed by atoms with Crippen LogP contribution in [0.4, 0.5) is 0 Å². The molecule has 0 spiro atoms. The van der Waals surface area contributed by atoms with Crippen molar-refractivity contribution in [3.05, 3.63) is 34.2 Å². The van der Waals surface area contributed by atoms with Crippen molar-refractivity contribution in [2.45, 2.75) is 44.9 Å². The Labute approximate surface area is 110 Å². The molecule has 0 saturated heterocycles. The quantitative estimate of drug-likeness (QED) is 0.759. The Morgan fingerprint density at radius 3 is 2.76 bits per heavy atom. The van der Waals surface area contributed by atoms with Crippen molar-refractivity contribution in [1.29, 1.82) is 0 Å². The minimum atomic E-state index is 0.682. The fraction of sp³-hybridized carbons (Fsp3) is 0.500. The van der Waals surface area contributed by atoms with Crippen LogP contribution in [0.3, 0.4) is 0 Å². The number of hydrogen-bond donors (Lipinski definition) is 0. The number of fused-ring (bicyclic) bond motifs is 1. The maximum Gasteiger partial charge on any atom is 0.140 e. The van der Waals surface area contributed by atoms with Crippen molar-refractivity contribution in [2.75, 3.05) is 0 Å². The van der Waals surface area contributed by atoms with E-state index in [0.29, 0.717) is 5.92 Å². The summed E-state index contributed by atoms with van der Waals surface area (Å²) in [4.78, 5) is 4.82. The van der Waals surface area contributed by atoms with Crippen LogP contribution in [0, 0.1) is 6.92 Å². The Morgan fingerprint density at radius 2 is 2.00 bits per heavy atom. The Kier molecular flexibility index (Phi) is 2.95. The highest BCUT2D eigenvalue weighted by Gasteiger charge is 2.18. The number of aromatic nitrogens is 2. The normalized spacial score (nSPS) is 17.8. The Morgan fingerprint density at radius 1 is 1.24 bits per heavy atom. The lowest BCUT2D eigenvalue weighted by Gasteiger charge is -2.19. The standard InChI is InChI=1S/C14H17BrN2/c1-10-7-12(15)8-17-9-13(16-14(10)17)11-5-3-2-4-6-11/h7-9,11H,2-6H2,1H3. The van der Waals surface area contributed by atoms with Crippen LogP contribution in [0.15, 0.2) is 22.9 Å². The van der Waals surface area contributed by atoms with Gasteiger partial charge in [-0.2, -0.15) is 0 Å². The van der Waals surface area contributed by atoms with Gasteiger partial charge in [-0.15, -0.1) is 0 Å². The molecule has 0 amide bonds. The number of imidazole rings is 1. The molecule has 17 heavy (non-hydrogen) atoms. The molecule has 3 heteroatoms. The molecule has 2 heterocycles. The second-order valence-electron chi connectivity index (χ2n) is 5.07. The summed E-state index contributed by atoms with van der Waals surface area (Å²) in [5, 5.41) is 0. The number of hydrogen-bond acceptors (Lipinski definition) is 1. The minimum absolute atomic E-state index is 0.682. The summed E-state index contributed by atoms with van der Waals surface area (Å²) in [5.74, 6) is 0.682. The molecular weight excluding hydrogens is 276 g/mol. The molecule has 2 aromatic rings. The second-order valence-corrected chi connectivity index (χ2v) is 5.99. The Hall–Kier alpha value is -0.830. The average molecular weight is 293 g/mol. The third-order valence-electron chi connectivity index (χ3n) is 3.74. The van der Waals surface area contributed by atoms with Crippen molar-refractivity contribution in [3.8, 4) is 0 Å². The fourth-order valence-corrected chi connectivity index (χ4v) is 3.40. The third-order valence-corrected chi connectivity index (χ3v) is 4.18. The number of halogens is 1. The van der Waals surface area contributed by atoms with Gasteiger partial charge in [-0.05, 0) is 47.3 Å². The number of nitrogens with zero attached hydrogens (tertiary/aromatic N) is 2. The summed E-state index contributed by atoms with van der Waals surface area (Å²) in [5.41, 5.74) is 3.63. The van der Waals surface area contributed by atoms with Gasteiger partial charge in [0.25, 0.3) is 0 Å². The monoisotopic (exact) mass is 292 g/mol. The van der Waals surface area contributed by atoms with Crippen LogP contribution in [0.5, 0.6) is 0 Å². The van der Waals surface area contributed by atoms with Crippen LogP contribution in [0.2, 0.25) is 0 Å². The summed E-state index contributed by atoms with van der Waals surface area (Å²) in [6.45, 7) is 2.12. The van der Waals surface area contributed by atoms with Crippen molar-refractivity contribution in [3.63, 3.8) is 0 Å². The smallest absolute Gasteiger partial charge is 0.140 e. The lowest BCUT2D eigenvalue weighted by molar-refractivity contribution is 0.438. The predicted molar refractivity (Wildman–Crippen MR) is 73.5 cm³/mol. The van der Waals surface area contributed by atoms with E-state index in [1.807, 2.05) is 0 Å². The van der Waals surface area contributed by atoms with Gasteiger partial charge in [0.05, 0.1) is 5.69 Å². The van der Waals surface area contributed by atoms with Gasteiger partial charge in [0.2, 0.25) is 0 Å². The molecule has 0 unspecified atom stereocenters. The zero-order chi connectivity index (χ0) is 11.8. The van der Waals surface area contributed by atoms with E-state index in [-0.39, 0.29) is 0 Å². The molecule has 0 aliphatic heterocycles. The number of pyridine rings is 1. The molecule has 1 saturated carbocycles. The minimum Gasteiger partial charge on any atom is -0.305 e. The van der Waals surface area contributed by atoms with Crippen LogP contribution in [-0.2, 0) is 0 Å². The lowest BCUT2D eigenvalue weighted by atomic mass is 9.87. The first-order chi connectivity index (χ1) is 8.24. The molecule has 2 nitrogen and oxygen atoms in total. The largest absolute Gasteiger partial charge is 0.305 e. The molecule has 90 valence electrons. The summed E-state index contributed by atoms with van der Waals surface area (Å²) in [6.07, 6.45) is 11.1. The van der Waals surface area contributed by atoms with Crippen LogP contribution < -0.4 is 0 Å². The van der Waals surface area contributed by atoms with Crippen LogP contribution in [0.1, 0.15) is 49.3 Å². The van der Waals surface area contributed by atoms with E-state index in [1.54, 1.807) is 0 Å². The first kappa shape index (κ1) is 11.3. The van der Waals surface area contributed by atoms with Crippen LogP contribution in [-0.4, -0.2) is 9.38 Å². The molecule has 1 fully saturated rings. The predicted octanol–water partition coefficient (Wildman–Crippen LogP) is 4.45. The zero-order valence-electron chi connectivity index (χ0n) is 10.1. The van der Waals surface area contributed by atoms with Crippen molar-refractivity contribution >= 4 is 21.6 Å². The van der Waals surface area contributed by atoms with E-state index in [2.05, 4.69) is 45.7 Å². The maximum absolute atomic E-state index is 4.82. The summed E-state index contributed by atoms with van der Waals surface area (Å²) in [7, 11) is 0. The van der Waals surface area contributed by atoms with Gasteiger partial charge in [-0.1, -0.05) is 19.3 Å². The topological polar surface area (TPSA) is 17.3 Å². The van der Waals surface area contributed by atoms with E-state index in [9.17, 15) is 0 Å². The average Bonchev–Trinajstić information content (AvgIpc) is 2.74. The summed E-state index contributed by atoms with van der Waals surface area (Å²) >= 11 is 3.54. The molecule has 0 radical (unpaired) electrons. The fourth-order valence-electron chi connectivity index (χ4n) is 2.84. The van der Waals surface area contributed by atoms with Gasteiger partial charge < -0.3 is 4.40 Å². The molecule has 1 aliphatic rings. The van der Waals surface area contributed by atoms with Gasteiger partial charge in [0.1, 0.15) is 5.65 Å². The molecule has 2 aromatic heterocycles. The van der Waals surface area contributed by atoms with E-state index in [0.717, 1.165) is 10.1 Å². The number of rotatable bonds is 1. The van der Waals surface area contributed by atoms with E-state index >= 15 is 0 Å². The Balaban J connectivity index is 2.03. The van der Waals surface area contributed by atoms with Crippen molar-refractivity contribution in [1.82, 2.24) is 9.38 Å². The van der Waals surface area contributed by atoms with Crippen molar-refractivity contribution < 1.29 is 0 Å². The first-order valence-electron chi connectivity index (χ1n) is 6.39.